The van der Waals surface area contributed by atoms with Crippen molar-refractivity contribution in [2.75, 3.05) is 25.0 Å². The second-order valence-corrected chi connectivity index (χ2v) is 9.13. The summed E-state index contributed by atoms with van der Waals surface area (Å²) in [7, 11) is 2.23. The Labute approximate surface area is 180 Å². The Kier molecular flexibility index (Phi) is 11.0. The molecule has 2 heterocycles. The van der Waals surface area contributed by atoms with Gasteiger partial charge < -0.3 is 9.80 Å². The molecule has 166 valence electrons. The summed E-state index contributed by atoms with van der Waals surface area (Å²) in [6.45, 7) is 11.4. The molecule has 0 radical (unpaired) electrons. The van der Waals surface area contributed by atoms with Gasteiger partial charge in [-0.1, -0.05) is 72.6 Å². The topological polar surface area (TPSA) is 32.3 Å². The van der Waals surface area contributed by atoms with Crippen molar-refractivity contribution in [2.24, 2.45) is 5.92 Å². The Morgan fingerprint density at radius 3 is 1.97 bits per heavy atom. The van der Waals surface area contributed by atoms with E-state index in [0.717, 1.165) is 44.2 Å². The number of anilines is 1. The van der Waals surface area contributed by atoms with Gasteiger partial charge in [0, 0.05) is 37.6 Å². The quantitative estimate of drug-likeness (QED) is 0.373. The van der Waals surface area contributed by atoms with Crippen LogP contribution in [0.5, 0.6) is 0 Å². The number of rotatable bonds is 13. The number of piperazine rings is 1. The van der Waals surface area contributed by atoms with E-state index in [1.54, 1.807) is 0 Å². The van der Waals surface area contributed by atoms with E-state index >= 15 is 0 Å². The van der Waals surface area contributed by atoms with Crippen molar-refractivity contribution in [1.82, 2.24) is 14.9 Å². The van der Waals surface area contributed by atoms with Crippen LogP contribution in [0.2, 0.25) is 0 Å². The largest absolute Gasteiger partial charge is 0.332 e. The van der Waals surface area contributed by atoms with Gasteiger partial charge in [-0.3, -0.25) is 0 Å². The molecular weight excluding hydrogens is 356 g/mol. The van der Waals surface area contributed by atoms with Crippen molar-refractivity contribution in [3.63, 3.8) is 0 Å². The minimum Gasteiger partial charge on any atom is -0.332 e. The molecule has 2 unspecified atom stereocenters. The van der Waals surface area contributed by atoms with E-state index in [-0.39, 0.29) is 0 Å². The number of likely N-dealkylation sites (N-methyl/N-ethyl adjacent to an activating group) is 1. The van der Waals surface area contributed by atoms with Gasteiger partial charge in [-0.05, 0) is 44.2 Å². The smallest absolute Gasteiger partial charge is 0.225 e. The molecular formula is C25H46N4. The first kappa shape index (κ1) is 24.1. The van der Waals surface area contributed by atoms with Crippen LogP contribution in [0.4, 0.5) is 5.95 Å². The summed E-state index contributed by atoms with van der Waals surface area (Å²) < 4.78 is 0. The molecule has 0 amide bonds. The fourth-order valence-electron chi connectivity index (χ4n) is 4.85. The third kappa shape index (κ3) is 7.55. The lowest BCUT2D eigenvalue weighted by molar-refractivity contribution is 0.217. The summed E-state index contributed by atoms with van der Waals surface area (Å²) in [4.78, 5) is 14.5. The summed E-state index contributed by atoms with van der Waals surface area (Å²) in [5.74, 6) is 1.88. The number of aromatic nitrogens is 2. The first-order valence-corrected chi connectivity index (χ1v) is 12.4. The van der Waals surface area contributed by atoms with Crippen molar-refractivity contribution in [3.05, 3.63) is 18.0 Å². The van der Waals surface area contributed by atoms with Gasteiger partial charge in [-0.2, -0.15) is 0 Å². The second kappa shape index (κ2) is 13.2. The molecule has 1 aliphatic rings. The molecule has 2 rings (SSSR count). The lowest BCUT2D eigenvalue weighted by atomic mass is 9.95. The van der Waals surface area contributed by atoms with Crippen molar-refractivity contribution < 1.29 is 0 Å². The molecule has 1 fully saturated rings. The number of hydrogen-bond donors (Lipinski definition) is 0. The van der Waals surface area contributed by atoms with Crippen LogP contribution in [-0.2, 0) is 6.42 Å². The van der Waals surface area contributed by atoms with E-state index in [1.807, 2.05) is 0 Å². The number of unbranched alkanes of at least 4 members (excludes halogenated alkanes) is 4. The van der Waals surface area contributed by atoms with Gasteiger partial charge in [0.15, 0.2) is 0 Å². The summed E-state index contributed by atoms with van der Waals surface area (Å²) >= 11 is 0. The summed E-state index contributed by atoms with van der Waals surface area (Å²) in [6.07, 6.45) is 18.4. The van der Waals surface area contributed by atoms with Crippen LogP contribution in [-0.4, -0.2) is 47.1 Å². The van der Waals surface area contributed by atoms with E-state index in [9.17, 15) is 0 Å². The van der Waals surface area contributed by atoms with E-state index in [0.29, 0.717) is 12.1 Å². The zero-order valence-corrected chi connectivity index (χ0v) is 19.9. The third-order valence-corrected chi connectivity index (χ3v) is 6.93. The van der Waals surface area contributed by atoms with Crippen LogP contribution < -0.4 is 4.90 Å². The van der Waals surface area contributed by atoms with E-state index in [1.165, 1.54) is 56.9 Å². The molecule has 1 saturated heterocycles. The fraction of sp³-hybridized carbons (Fsp3) is 0.840. The molecule has 1 aromatic rings. The van der Waals surface area contributed by atoms with Crippen LogP contribution in [0.3, 0.4) is 0 Å². The van der Waals surface area contributed by atoms with Gasteiger partial charge in [0.25, 0.3) is 0 Å². The normalized spacial score (nSPS) is 20.6. The average Bonchev–Trinajstić information content (AvgIpc) is 2.75. The highest BCUT2D eigenvalue weighted by Gasteiger charge is 2.32. The first-order chi connectivity index (χ1) is 14.1. The second-order valence-electron chi connectivity index (χ2n) is 9.13. The number of aryl methyl sites for hydroxylation is 1. The standard InChI is InChI=1S/C25H46N4/c1-6-21(7-2)15-13-11-10-12-14-16-22-17-26-25(27-18-22)29-23(8-3)19-28(5)20-24(29)9-4/h17-18,21,23-24H,6-16,19-20H2,1-5H3. The Hall–Kier alpha value is -1.16. The SMILES string of the molecule is CCC(CC)CCCCCCCc1cnc(N2C(CC)CN(C)CC2CC)nc1. The minimum atomic E-state index is 0.518. The number of hydrogen-bond acceptors (Lipinski definition) is 4. The highest BCUT2D eigenvalue weighted by molar-refractivity contribution is 5.35. The summed E-state index contributed by atoms with van der Waals surface area (Å²) in [5.41, 5.74) is 1.29. The van der Waals surface area contributed by atoms with Crippen LogP contribution in [0, 0.1) is 5.92 Å². The van der Waals surface area contributed by atoms with Gasteiger partial charge >= 0.3 is 0 Å². The van der Waals surface area contributed by atoms with E-state index < -0.39 is 0 Å². The zero-order valence-electron chi connectivity index (χ0n) is 19.9. The van der Waals surface area contributed by atoms with Crippen molar-refractivity contribution in [2.45, 2.75) is 110 Å². The van der Waals surface area contributed by atoms with Gasteiger partial charge in [-0.15, -0.1) is 0 Å². The monoisotopic (exact) mass is 402 g/mol. The van der Waals surface area contributed by atoms with E-state index in [4.69, 9.17) is 9.97 Å². The maximum atomic E-state index is 4.79. The molecule has 29 heavy (non-hydrogen) atoms. The highest BCUT2D eigenvalue weighted by Crippen LogP contribution is 2.24. The predicted molar refractivity (Wildman–Crippen MR) is 126 cm³/mol. The Balaban J connectivity index is 1.75. The Bertz CT molecular complexity index is 526. The molecule has 0 saturated carbocycles. The van der Waals surface area contributed by atoms with Crippen LogP contribution in [0.25, 0.3) is 0 Å². The highest BCUT2D eigenvalue weighted by atomic mass is 15.4. The van der Waals surface area contributed by atoms with Gasteiger partial charge in [0.2, 0.25) is 5.95 Å². The minimum absolute atomic E-state index is 0.518. The summed E-state index contributed by atoms with van der Waals surface area (Å²) in [6, 6.07) is 1.04. The maximum absolute atomic E-state index is 4.79. The zero-order chi connectivity index (χ0) is 21.1. The molecule has 0 N–H and O–H groups in total. The van der Waals surface area contributed by atoms with Gasteiger partial charge in [-0.25, -0.2) is 9.97 Å². The Morgan fingerprint density at radius 1 is 0.862 bits per heavy atom. The molecule has 0 spiro atoms. The molecule has 4 nitrogen and oxygen atoms in total. The lowest BCUT2D eigenvalue weighted by Gasteiger charge is -2.45. The van der Waals surface area contributed by atoms with Crippen LogP contribution in [0.1, 0.15) is 97.5 Å². The van der Waals surface area contributed by atoms with Gasteiger partial charge in [0.05, 0.1) is 0 Å². The van der Waals surface area contributed by atoms with Crippen LogP contribution >= 0.6 is 0 Å². The average molecular weight is 403 g/mol. The van der Waals surface area contributed by atoms with Crippen molar-refractivity contribution in [1.29, 1.82) is 0 Å². The van der Waals surface area contributed by atoms with E-state index in [2.05, 4.69) is 56.9 Å². The maximum Gasteiger partial charge on any atom is 0.225 e. The van der Waals surface area contributed by atoms with Crippen molar-refractivity contribution in [3.8, 4) is 0 Å². The summed E-state index contributed by atoms with van der Waals surface area (Å²) in [5, 5.41) is 0. The van der Waals surface area contributed by atoms with Crippen LogP contribution in [0.15, 0.2) is 12.4 Å². The van der Waals surface area contributed by atoms with Gasteiger partial charge in [0.1, 0.15) is 0 Å². The predicted octanol–water partition coefficient (Wildman–Crippen LogP) is 6.10. The number of nitrogens with zero attached hydrogens (tertiary/aromatic N) is 4. The molecule has 1 aliphatic heterocycles. The molecule has 2 atom stereocenters. The third-order valence-electron chi connectivity index (χ3n) is 6.93. The Morgan fingerprint density at radius 2 is 1.41 bits per heavy atom. The fourth-order valence-corrected chi connectivity index (χ4v) is 4.85. The molecule has 0 bridgehead atoms. The molecule has 4 heteroatoms. The lowest BCUT2D eigenvalue weighted by Crippen LogP contribution is -2.58. The first-order valence-electron chi connectivity index (χ1n) is 12.4. The molecule has 0 aromatic carbocycles. The van der Waals surface area contributed by atoms with Crippen molar-refractivity contribution >= 4 is 5.95 Å². The molecule has 0 aliphatic carbocycles. The molecule has 1 aromatic heterocycles.